The van der Waals surface area contributed by atoms with E-state index in [1.54, 1.807) is 0 Å². The van der Waals surface area contributed by atoms with Crippen molar-refractivity contribution in [3.05, 3.63) is 58.9 Å². The Balaban J connectivity index is 1.87. The summed E-state index contributed by atoms with van der Waals surface area (Å²) in [4.78, 5) is 4.36. The van der Waals surface area contributed by atoms with Gasteiger partial charge in [0.25, 0.3) is 10.0 Å². The second-order valence-corrected chi connectivity index (χ2v) is 8.14. The topological polar surface area (TPSA) is 109 Å². The van der Waals surface area contributed by atoms with E-state index >= 15 is 0 Å². The van der Waals surface area contributed by atoms with Crippen molar-refractivity contribution >= 4 is 33.1 Å². The van der Waals surface area contributed by atoms with Gasteiger partial charge in [-0.25, -0.2) is 12.8 Å². The predicted octanol–water partition coefficient (Wildman–Crippen LogP) is 3.91. The summed E-state index contributed by atoms with van der Waals surface area (Å²) in [6.45, 7) is 0.0427. The first kappa shape index (κ1) is 19.2. The molecule has 1 saturated carbocycles. The fraction of sp³-hybridized carbons (Fsp3) is 0.235. The Morgan fingerprint density at radius 1 is 1.22 bits per heavy atom. The van der Waals surface area contributed by atoms with Gasteiger partial charge in [-0.3, -0.25) is 9.71 Å². The van der Waals surface area contributed by atoms with Gasteiger partial charge >= 0.3 is 0 Å². The summed E-state index contributed by atoms with van der Waals surface area (Å²) in [6.07, 6.45) is 1.88. The van der Waals surface area contributed by atoms with Crippen LogP contribution in [0.2, 0.25) is 5.02 Å². The number of hydrogen-bond donors (Lipinski definition) is 2. The van der Waals surface area contributed by atoms with Crippen molar-refractivity contribution in [2.45, 2.75) is 24.3 Å². The largest absolute Gasteiger partial charge is 0.305 e. The number of nitrogens with two attached hydrogens (primary N) is 1. The van der Waals surface area contributed by atoms with Crippen LogP contribution in [0.15, 0.2) is 62.7 Å². The molecule has 0 bridgehead atoms. The van der Waals surface area contributed by atoms with Gasteiger partial charge < -0.3 is 5.84 Å². The second kappa shape index (κ2) is 8.01. The second-order valence-electron chi connectivity index (χ2n) is 6.03. The van der Waals surface area contributed by atoms with Gasteiger partial charge in [-0.15, -0.1) is 5.11 Å². The molecule has 2 aromatic carbocycles. The van der Waals surface area contributed by atoms with Crippen molar-refractivity contribution in [2.24, 2.45) is 27.1 Å². The summed E-state index contributed by atoms with van der Waals surface area (Å²) in [5.74, 6) is 5.27. The van der Waals surface area contributed by atoms with E-state index < -0.39 is 15.8 Å². The number of nitrogens with one attached hydrogen (secondary N) is 1. The van der Waals surface area contributed by atoms with Crippen LogP contribution in [-0.2, 0) is 16.6 Å². The van der Waals surface area contributed by atoms with Crippen LogP contribution in [0.1, 0.15) is 18.4 Å². The number of benzene rings is 2. The molecule has 0 unspecified atom stereocenters. The SMILES string of the molecule is NN=NC(=NCc1cc(F)ccc1NS(=O)(=O)c1ccc(Cl)cc1)C1CC1. The molecule has 3 rings (SSSR count). The lowest BCUT2D eigenvalue weighted by Gasteiger charge is -2.12. The van der Waals surface area contributed by atoms with Crippen LogP contribution >= 0.6 is 11.6 Å². The Morgan fingerprint density at radius 3 is 2.56 bits per heavy atom. The summed E-state index contributed by atoms with van der Waals surface area (Å²) in [7, 11) is -3.86. The zero-order chi connectivity index (χ0) is 19.4. The van der Waals surface area contributed by atoms with E-state index in [2.05, 4.69) is 20.1 Å². The van der Waals surface area contributed by atoms with E-state index in [0.29, 0.717) is 16.4 Å². The third-order valence-corrected chi connectivity index (χ3v) is 5.58. The molecule has 0 amide bonds. The first-order valence-electron chi connectivity index (χ1n) is 8.11. The monoisotopic (exact) mass is 409 g/mol. The average molecular weight is 410 g/mol. The van der Waals surface area contributed by atoms with Gasteiger partial charge in [-0.05, 0) is 55.3 Å². The van der Waals surface area contributed by atoms with E-state index in [4.69, 9.17) is 17.4 Å². The number of nitrogens with zero attached hydrogens (tertiary/aromatic N) is 3. The van der Waals surface area contributed by atoms with Gasteiger partial charge in [0.15, 0.2) is 5.84 Å². The fourth-order valence-corrected chi connectivity index (χ4v) is 3.65. The van der Waals surface area contributed by atoms with Crippen LogP contribution in [0.4, 0.5) is 10.1 Å². The molecule has 1 aliphatic carbocycles. The summed E-state index contributed by atoms with van der Waals surface area (Å²) >= 11 is 5.79. The normalized spacial score (nSPS) is 15.3. The maximum atomic E-state index is 13.7. The summed E-state index contributed by atoms with van der Waals surface area (Å²) in [5, 5.41) is 7.47. The highest BCUT2D eigenvalue weighted by Crippen LogP contribution is 2.32. The molecule has 1 aliphatic rings. The zero-order valence-corrected chi connectivity index (χ0v) is 15.7. The summed E-state index contributed by atoms with van der Waals surface area (Å²) < 4.78 is 41.3. The molecular formula is C17H17ClFN5O2S. The number of halogens is 2. The summed E-state index contributed by atoms with van der Waals surface area (Å²) in [5.41, 5.74) is 0.604. The van der Waals surface area contributed by atoms with Crippen LogP contribution in [-0.4, -0.2) is 14.3 Å². The lowest BCUT2D eigenvalue weighted by atomic mass is 10.2. The maximum absolute atomic E-state index is 13.7. The Hall–Kier alpha value is -2.52. The Bertz CT molecular complexity index is 989. The van der Waals surface area contributed by atoms with Crippen molar-refractivity contribution in [3.63, 3.8) is 0 Å². The van der Waals surface area contributed by atoms with Crippen molar-refractivity contribution in [2.75, 3.05) is 4.72 Å². The van der Waals surface area contributed by atoms with Gasteiger partial charge in [0.05, 0.1) is 17.1 Å². The molecule has 2 aromatic rings. The van der Waals surface area contributed by atoms with Crippen LogP contribution in [0.25, 0.3) is 0 Å². The molecule has 0 aliphatic heterocycles. The highest BCUT2D eigenvalue weighted by atomic mass is 35.5. The van der Waals surface area contributed by atoms with Crippen molar-refractivity contribution < 1.29 is 12.8 Å². The molecule has 0 spiro atoms. The van der Waals surface area contributed by atoms with Gasteiger partial charge in [-0.1, -0.05) is 16.8 Å². The molecule has 0 atom stereocenters. The number of aliphatic imine (C=N–C) groups is 1. The molecule has 0 radical (unpaired) electrons. The summed E-state index contributed by atoms with van der Waals surface area (Å²) in [6, 6.07) is 9.49. The zero-order valence-electron chi connectivity index (χ0n) is 14.1. The molecule has 27 heavy (non-hydrogen) atoms. The molecule has 1 fully saturated rings. The standard InChI is InChI=1S/C17H17ClFN5O2S/c18-13-3-6-15(7-4-13)27(25,26)23-16-8-5-14(19)9-12(16)10-21-17(22-24-20)11-1-2-11/h3-9,11,23H,1-2,10H2,(H2,20,21,22). The molecule has 10 heteroatoms. The van der Waals surface area contributed by atoms with Crippen LogP contribution in [0.3, 0.4) is 0 Å². The molecule has 0 aromatic heterocycles. The molecule has 7 nitrogen and oxygen atoms in total. The Morgan fingerprint density at radius 2 is 1.93 bits per heavy atom. The Labute approximate surface area is 161 Å². The van der Waals surface area contributed by atoms with Crippen molar-refractivity contribution in [1.82, 2.24) is 0 Å². The highest BCUT2D eigenvalue weighted by molar-refractivity contribution is 7.92. The first-order valence-corrected chi connectivity index (χ1v) is 9.97. The quantitative estimate of drug-likeness (QED) is 0.248. The number of anilines is 1. The minimum absolute atomic E-state index is 0.0427. The number of hydrogen-bond acceptors (Lipinski definition) is 4. The van der Waals surface area contributed by atoms with Crippen LogP contribution < -0.4 is 10.6 Å². The lowest BCUT2D eigenvalue weighted by Crippen LogP contribution is -2.14. The number of rotatable bonds is 6. The van der Waals surface area contributed by atoms with E-state index in [-0.39, 0.29) is 23.0 Å². The van der Waals surface area contributed by atoms with E-state index in [1.807, 2.05) is 0 Å². The molecule has 3 N–H and O–H groups in total. The molecule has 0 saturated heterocycles. The third-order valence-electron chi connectivity index (χ3n) is 3.95. The van der Waals surface area contributed by atoms with Crippen molar-refractivity contribution in [3.8, 4) is 0 Å². The van der Waals surface area contributed by atoms with Crippen LogP contribution in [0, 0.1) is 11.7 Å². The minimum atomic E-state index is -3.86. The maximum Gasteiger partial charge on any atom is 0.261 e. The number of sulfonamides is 1. The fourth-order valence-electron chi connectivity index (χ4n) is 2.42. The van der Waals surface area contributed by atoms with E-state index in [9.17, 15) is 12.8 Å². The van der Waals surface area contributed by atoms with E-state index in [0.717, 1.165) is 12.8 Å². The smallest absolute Gasteiger partial charge is 0.261 e. The van der Waals surface area contributed by atoms with E-state index in [1.165, 1.54) is 42.5 Å². The average Bonchev–Trinajstić information content (AvgIpc) is 3.46. The predicted molar refractivity (Wildman–Crippen MR) is 102 cm³/mol. The Kier molecular flexibility index (Phi) is 5.71. The van der Waals surface area contributed by atoms with Crippen molar-refractivity contribution in [1.29, 1.82) is 0 Å². The van der Waals surface area contributed by atoms with Gasteiger partial charge in [-0.2, -0.15) is 0 Å². The van der Waals surface area contributed by atoms with Gasteiger partial charge in [0, 0.05) is 16.5 Å². The van der Waals surface area contributed by atoms with Crippen LogP contribution in [0.5, 0.6) is 0 Å². The van der Waals surface area contributed by atoms with Gasteiger partial charge in [0.1, 0.15) is 5.82 Å². The molecular weight excluding hydrogens is 393 g/mol. The lowest BCUT2D eigenvalue weighted by molar-refractivity contribution is 0.601. The number of amidine groups is 1. The highest BCUT2D eigenvalue weighted by Gasteiger charge is 2.28. The van der Waals surface area contributed by atoms with Gasteiger partial charge in [0.2, 0.25) is 0 Å². The molecule has 0 heterocycles. The molecule has 142 valence electrons. The first-order chi connectivity index (χ1) is 12.9. The third kappa shape index (κ3) is 5.01. The minimum Gasteiger partial charge on any atom is -0.305 e.